The maximum Gasteiger partial charge on any atom is 0.416 e. The zero-order chi connectivity index (χ0) is 14.9. The lowest BCUT2D eigenvalue weighted by Gasteiger charge is -2.34. The average Bonchev–Trinajstić information content (AvgIpc) is 2.37. The van der Waals surface area contributed by atoms with E-state index < -0.39 is 11.7 Å². The van der Waals surface area contributed by atoms with Crippen molar-refractivity contribution in [2.45, 2.75) is 19.1 Å². The van der Waals surface area contributed by atoms with Gasteiger partial charge in [0.1, 0.15) is 0 Å². The number of hydrogen-bond donors (Lipinski definition) is 1. The molecule has 1 N–H and O–H groups in total. The van der Waals surface area contributed by atoms with Gasteiger partial charge in [0.15, 0.2) is 0 Å². The van der Waals surface area contributed by atoms with E-state index in [2.05, 4.69) is 5.32 Å². The zero-order valence-corrected chi connectivity index (χ0v) is 14.2. The summed E-state index contributed by atoms with van der Waals surface area (Å²) in [5, 5.41) is 3.14. The second-order valence-electron chi connectivity index (χ2n) is 4.78. The molecule has 0 spiro atoms. The fourth-order valence-corrected chi connectivity index (χ4v) is 2.86. The Kier molecular flexibility index (Phi) is 6.30. The molecule has 8 heteroatoms. The lowest BCUT2D eigenvalue weighted by atomic mass is 10.1. The SMILES string of the molecule is CC1CNCCN1C(=O)c1cc(I)cc(C(F)(F)F)c1.Cl. The van der Waals surface area contributed by atoms with Crippen molar-refractivity contribution in [1.82, 2.24) is 10.2 Å². The molecule has 2 rings (SSSR count). The van der Waals surface area contributed by atoms with Crippen LogP contribution in [0.4, 0.5) is 13.2 Å². The van der Waals surface area contributed by atoms with E-state index in [4.69, 9.17) is 0 Å². The highest BCUT2D eigenvalue weighted by Gasteiger charge is 2.32. The zero-order valence-electron chi connectivity index (χ0n) is 11.2. The van der Waals surface area contributed by atoms with E-state index in [9.17, 15) is 18.0 Å². The second kappa shape index (κ2) is 7.15. The monoisotopic (exact) mass is 434 g/mol. The number of nitrogens with one attached hydrogen (secondary N) is 1. The minimum absolute atomic E-state index is 0. The summed E-state index contributed by atoms with van der Waals surface area (Å²) in [6.45, 7) is 3.70. The lowest BCUT2D eigenvalue weighted by Crippen LogP contribution is -2.52. The van der Waals surface area contributed by atoms with Gasteiger partial charge in [-0.05, 0) is 47.7 Å². The van der Waals surface area contributed by atoms with Crippen LogP contribution in [-0.2, 0) is 6.18 Å². The van der Waals surface area contributed by atoms with E-state index in [1.807, 2.05) is 6.92 Å². The summed E-state index contributed by atoms with van der Waals surface area (Å²) in [6, 6.07) is 3.44. The summed E-state index contributed by atoms with van der Waals surface area (Å²) in [4.78, 5) is 14.0. The molecule has 0 bridgehead atoms. The Balaban J connectivity index is 0.00000220. The molecule has 1 aromatic rings. The molecule has 1 saturated heterocycles. The topological polar surface area (TPSA) is 32.3 Å². The molecule has 3 nitrogen and oxygen atoms in total. The van der Waals surface area contributed by atoms with Gasteiger partial charge in [-0.15, -0.1) is 12.4 Å². The number of nitrogens with zero attached hydrogens (tertiary/aromatic N) is 1. The second-order valence-corrected chi connectivity index (χ2v) is 6.02. The third-order valence-corrected chi connectivity index (χ3v) is 3.86. The highest BCUT2D eigenvalue weighted by Crippen LogP contribution is 2.31. The van der Waals surface area contributed by atoms with Crippen LogP contribution in [0.5, 0.6) is 0 Å². The number of halogens is 5. The van der Waals surface area contributed by atoms with E-state index in [1.54, 1.807) is 27.5 Å². The summed E-state index contributed by atoms with van der Waals surface area (Å²) < 4.78 is 38.8. The summed E-state index contributed by atoms with van der Waals surface area (Å²) in [5.41, 5.74) is -0.687. The van der Waals surface area contributed by atoms with Gasteiger partial charge in [0.25, 0.3) is 5.91 Å². The standard InChI is InChI=1S/C13H14F3IN2O.ClH/c1-8-7-18-2-3-19(8)12(20)9-4-10(13(14,15)16)6-11(17)5-9;/h4-6,8,18H,2-3,7H2,1H3;1H. The maximum atomic E-state index is 12.8. The predicted molar refractivity (Wildman–Crippen MR) is 84.8 cm³/mol. The number of alkyl halides is 3. The molecular formula is C13H15ClF3IN2O. The first-order valence-corrected chi connectivity index (χ1v) is 7.26. The maximum absolute atomic E-state index is 12.8. The normalized spacial score (nSPS) is 19.1. The van der Waals surface area contributed by atoms with Crippen molar-refractivity contribution < 1.29 is 18.0 Å². The van der Waals surface area contributed by atoms with Crippen molar-refractivity contribution in [3.05, 3.63) is 32.9 Å². The van der Waals surface area contributed by atoms with Gasteiger partial charge in [-0.3, -0.25) is 4.79 Å². The largest absolute Gasteiger partial charge is 0.416 e. The highest BCUT2D eigenvalue weighted by atomic mass is 127. The summed E-state index contributed by atoms with van der Waals surface area (Å²) in [6.07, 6.45) is -4.44. The van der Waals surface area contributed by atoms with Crippen molar-refractivity contribution in [2.24, 2.45) is 0 Å². The van der Waals surface area contributed by atoms with Crippen LogP contribution >= 0.6 is 35.0 Å². The highest BCUT2D eigenvalue weighted by molar-refractivity contribution is 14.1. The van der Waals surface area contributed by atoms with Gasteiger partial charge in [-0.2, -0.15) is 13.2 Å². The molecule has 0 aromatic heterocycles. The summed E-state index contributed by atoms with van der Waals surface area (Å²) >= 11 is 1.80. The molecule has 1 aromatic carbocycles. The van der Waals surface area contributed by atoms with Crippen molar-refractivity contribution in [3.63, 3.8) is 0 Å². The Labute approximate surface area is 140 Å². The van der Waals surface area contributed by atoms with Crippen LogP contribution in [0.3, 0.4) is 0 Å². The van der Waals surface area contributed by atoms with Crippen LogP contribution in [0.2, 0.25) is 0 Å². The van der Waals surface area contributed by atoms with Crippen LogP contribution in [0.1, 0.15) is 22.8 Å². The van der Waals surface area contributed by atoms with E-state index in [0.717, 1.165) is 12.1 Å². The molecule has 21 heavy (non-hydrogen) atoms. The minimum atomic E-state index is -4.44. The number of piperazine rings is 1. The number of carbonyl (C=O) groups excluding carboxylic acids is 1. The van der Waals surface area contributed by atoms with Gasteiger partial charge in [0, 0.05) is 34.8 Å². The first-order chi connectivity index (χ1) is 9.29. The molecule has 0 radical (unpaired) electrons. The first kappa shape index (κ1) is 18.5. The Morgan fingerprint density at radius 1 is 1.38 bits per heavy atom. The molecule has 1 unspecified atom stereocenters. The number of benzene rings is 1. The average molecular weight is 435 g/mol. The summed E-state index contributed by atoms with van der Waals surface area (Å²) in [5.74, 6) is -0.344. The van der Waals surface area contributed by atoms with E-state index >= 15 is 0 Å². The Morgan fingerprint density at radius 3 is 2.62 bits per heavy atom. The molecule has 0 saturated carbocycles. The molecule has 1 aliphatic rings. The van der Waals surface area contributed by atoms with E-state index in [1.165, 1.54) is 6.07 Å². The molecule has 0 aliphatic carbocycles. The Bertz CT molecular complexity index is 525. The van der Waals surface area contributed by atoms with Crippen LogP contribution in [0.15, 0.2) is 18.2 Å². The smallest absolute Gasteiger partial charge is 0.333 e. The lowest BCUT2D eigenvalue weighted by molar-refractivity contribution is -0.137. The fraction of sp³-hybridized carbons (Fsp3) is 0.462. The van der Waals surface area contributed by atoms with Gasteiger partial charge in [-0.1, -0.05) is 0 Å². The molecule has 1 fully saturated rings. The molecule has 1 aliphatic heterocycles. The number of amides is 1. The van der Waals surface area contributed by atoms with Gasteiger partial charge >= 0.3 is 6.18 Å². The van der Waals surface area contributed by atoms with Gasteiger partial charge < -0.3 is 10.2 Å². The Hall–Kier alpha value is -0.540. The first-order valence-electron chi connectivity index (χ1n) is 6.18. The fourth-order valence-electron chi connectivity index (χ4n) is 2.19. The van der Waals surface area contributed by atoms with Crippen LogP contribution in [0, 0.1) is 3.57 Å². The molecule has 118 valence electrons. The van der Waals surface area contributed by atoms with Crippen molar-refractivity contribution >= 4 is 40.9 Å². The Morgan fingerprint density at radius 2 is 2.05 bits per heavy atom. The van der Waals surface area contributed by atoms with Gasteiger partial charge in [-0.25, -0.2) is 0 Å². The minimum Gasteiger partial charge on any atom is -0.333 e. The third kappa shape index (κ3) is 4.46. The number of hydrogen-bond acceptors (Lipinski definition) is 2. The van der Waals surface area contributed by atoms with Crippen LogP contribution < -0.4 is 5.32 Å². The van der Waals surface area contributed by atoms with Crippen molar-refractivity contribution in [1.29, 1.82) is 0 Å². The van der Waals surface area contributed by atoms with E-state index in [0.29, 0.717) is 23.2 Å². The molecule has 1 atom stereocenters. The molecular weight excluding hydrogens is 420 g/mol. The van der Waals surface area contributed by atoms with Crippen molar-refractivity contribution in [2.75, 3.05) is 19.6 Å². The quantitative estimate of drug-likeness (QED) is 0.689. The van der Waals surface area contributed by atoms with Crippen molar-refractivity contribution in [3.8, 4) is 0 Å². The molecule has 1 heterocycles. The summed E-state index contributed by atoms with van der Waals surface area (Å²) in [7, 11) is 0. The van der Waals surface area contributed by atoms with Crippen LogP contribution in [-0.4, -0.2) is 36.5 Å². The number of rotatable bonds is 1. The molecule has 1 amide bonds. The van der Waals surface area contributed by atoms with Gasteiger partial charge in [0.05, 0.1) is 5.56 Å². The third-order valence-electron chi connectivity index (χ3n) is 3.23. The van der Waals surface area contributed by atoms with Gasteiger partial charge in [0.2, 0.25) is 0 Å². The number of carbonyl (C=O) groups is 1. The predicted octanol–water partition coefficient (Wildman–Crippen LogP) is 3.17. The van der Waals surface area contributed by atoms with E-state index in [-0.39, 0.29) is 29.9 Å². The van der Waals surface area contributed by atoms with Crippen LogP contribution in [0.25, 0.3) is 0 Å².